The summed E-state index contributed by atoms with van der Waals surface area (Å²) in [5.74, 6) is -0.643. The molecule has 150 valence electrons. The third-order valence-corrected chi connectivity index (χ3v) is 4.24. The number of amides is 1. The molecule has 0 aliphatic rings. The van der Waals surface area contributed by atoms with Gasteiger partial charge in [-0.25, -0.2) is 9.78 Å². The lowest BCUT2D eigenvalue weighted by atomic mass is 10.1. The lowest BCUT2D eigenvalue weighted by Crippen LogP contribution is -2.43. The summed E-state index contributed by atoms with van der Waals surface area (Å²) in [6, 6.07) is 17.9. The predicted octanol–water partition coefficient (Wildman–Crippen LogP) is 2.26. The van der Waals surface area contributed by atoms with Crippen molar-refractivity contribution in [3.63, 3.8) is 0 Å². The number of esters is 1. The summed E-state index contributed by atoms with van der Waals surface area (Å²) in [6.07, 6.45) is 1.99. The number of carbonyl (C=O) groups is 2. The average molecular weight is 393 g/mol. The molecule has 1 aromatic heterocycles. The Morgan fingerprint density at radius 1 is 1.03 bits per heavy atom. The second-order valence-corrected chi connectivity index (χ2v) is 6.47. The number of carbonyl (C=O) groups excluding carboxylic acids is 2. The first-order valence-corrected chi connectivity index (χ1v) is 9.35. The molecule has 1 unspecified atom stereocenters. The van der Waals surface area contributed by atoms with E-state index in [1.54, 1.807) is 0 Å². The van der Waals surface area contributed by atoms with E-state index >= 15 is 0 Å². The van der Waals surface area contributed by atoms with Crippen LogP contribution in [0.3, 0.4) is 0 Å². The van der Waals surface area contributed by atoms with Crippen LogP contribution in [-0.4, -0.2) is 29.4 Å². The summed E-state index contributed by atoms with van der Waals surface area (Å²) in [6.45, 7) is 0.495. The number of nitrogens with two attached hydrogens (primary N) is 1. The van der Waals surface area contributed by atoms with Crippen molar-refractivity contribution in [2.75, 3.05) is 6.54 Å². The molecule has 3 aromatic rings. The summed E-state index contributed by atoms with van der Waals surface area (Å²) in [5, 5.41) is 2.71. The molecular weight excluding hydrogens is 370 g/mol. The molecule has 0 radical (unpaired) electrons. The van der Waals surface area contributed by atoms with Gasteiger partial charge in [0.25, 0.3) is 5.91 Å². The Balaban J connectivity index is 1.69. The number of nitrogens with one attached hydrogen (secondary N) is 1. The number of hydrogen-bond acceptors (Lipinski definition) is 6. The second kappa shape index (κ2) is 10.2. The van der Waals surface area contributed by atoms with Gasteiger partial charge in [-0.3, -0.25) is 4.79 Å². The van der Waals surface area contributed by atoms with Crippen LogP contribution < -0.4 is 11.1 Å². The zero-order valence-electron chi connectivity index (χ0n) is 15.9. The van der Waals surface area contributed by atoms with Gasteiger partial charge in [0.05, 0.1) is 0 Å². The average Bonchev–Trinajstić information content (AvgIpc) is 3.22. The molecule has 0 saturated heterocycles. The van der Waals surface area contributed by atoms with Crippen molar-refractivity contribution in [2.24, 2.45) is 5.73 Å². The van der Waals surface area contributed by atoms with Gasteiger partial charge in [0, 0.05) is 19.4 Å². The Kier molecular flexibility index (Phi) is 7.13. The topological polar surface area (TPSA) is 107 Å². The number of aromatic nitrogens is 1. The lowest BCUT2D eigenvalue weighted by Gasteiger charge is -2.17. The van der Waals surface area contributed by atoms with Crippen molar-refractivity contribution in [1.29, 1.82) is 0 Å². The van der Waals surface area contributed by atoms with Gasteiger partial charge in [0.1, 0.15) is 18.9 Å². The number of nitrogens with zero attached hydrogens (tertiary/aromatic N) is 1. The highest BCUT2D eigenvalue weighted by Gasteiger charge is 2.25. The van der Waals surface area contributed by atoms with Crippen molar-refractivity contribution in [2.45, 2.75) is 25.5 Å². The molecule has 3 N–H and O–H groups in total. The van der Waals surface area contributed by atoms with E-state index in [-0.39, 0.29) is 12.3 Å². The highest BCUT2D eigenvalue weighted by Crippen LogP contribution is 2.09. The Morgan fingerprint density at radius 2 is 1.69 bits per heavy atom. The number of ether oxygens (including phenoxy) is 1. The van der Waals surface area contributed by atoms with Gasteiger partial charge in [0.15, 0.2) is 11.6 Å². The van der Waals surface area contributed by atoms with Gasteiger partial charge in [-0.1, -0.05) is 60.7 Å². The normalized spacial score (nSPS) is 11.6. The third-order valence-electron chi connectivity index (χ3n) is 4.24. The second-order valence-electron chi connectivity index (χ2n) is 6.47. The Labute approximate surface area is 168 Å². The quantitative estimate of drug-likeness (QED) is 0.540. The molecule has 29 heavy (non-hydrogen) atoms. The van der Waals surface area contributed by atoms with Gasteiger partial charge in [-0.15, -0.1) is 0 Å². The van der Waals surface area contributed by atoms with E-state index in [2.05, 4.69) is 10.3 Å². The monoisotopic (exact) mass is 393 g/mol. The summed E-state index contributed by atoms with van der Waals surface area (Å²) in [5.41, 5.74) is 7.34. The van der Waals surface area contributed by atoms with E-state index in [9.17, 15) is 9.59 Å². The molecule has 0 aliphatic heterocycles. The fraction of sp³-hybridized carbons (Fsp3) is 0.227. The Hall–Kier alpha value is -3.45. The summed E-state index contributed by atoms with van der Waals surface area (Å²) >= 11 is 0. The molecule has 0 aliphatic carbocycles. The Morgan fingerprint density at radius 3 is 2.34 bits per heavy atom. The first-order valence-electron chi connectivity index (χ1n) is 9.35. The van der Waals surface area contributed by atoms with Crippen LogP contribution in [0.2, 0.25) is 0 Å². The highest BCUT2D eigenvalue weighted by molar-refractivity contribution is 5.95. The molecule has 0 saturated carbocycles. The van der Waals surface area contributed by atoms with Crippen LogP contribution in [0.5, 0.6) is 0 Å². The van der Waals surface area contributed by atoms with E-state index < -0.39 is 17.9 Å². The molecule has 1 amide bonds. The molecule has 0 fully saturated rings. The minimum atomic E-state index is -0.858. The molecule has 0 bridgehead atoms. The molecule has 1 heterocycles. The van der Waals surface area contributed by atoms with Crippen molar-refractivity contribution in [3.05, 3.63) is 89.6 Å². The zero-order valence-corrected chi connectivity index (χ0v) is 15.9. The lowest BCUT2D eigenvalue weighted by molar-refractivity contribution is -0.147. The van der Waals surface area contributed by atoms with Crippen LogP contribution in [0.1, 0.15) is 27.5 Å². The van der Waals surface area contributed by atoms with Crippen LogP contribution >= 0.6 is 0 Å². The zero-order chi connectivity index (χ0) is 20.5. The van der Waals surface area contributed by atoms with Crippen molar-refractivity contribution < 1.29 is 18.7 Å². The van der Waals surface area contributed by atoms with E-state index in [0.29, 0.717) is 25.3 Å². The highest BCUT2D eigenvalue weighted by atomic mass is 16.5. The van der Waals surface area contributed by atoms with Gasteiger partial charge >= 0.3 is 5.97 Å². The van der Waals surface area contributed by atoms with Crippen LogP contribution in [0.4, 0.5) is 0 Å². The third kappa shape index (κ3) is 6.02. The maximum Gasteiger partial charge on any atom is 0.329 e. The van der Waals surface area contributed by atoms with Crippen LogP contribution in [0, 0.1) is 0 Å². The maximum absolute atomic E-state index is 12.7. The van der Waals surface area contributed by atoms with E-state index in [1.807, 2.05) is 60.7 Å². The molecule has 2 aromatic carbocycles. The van der Waals surface area contributed by atoms with Gasteiger partial charge in [-0.05, 0) is 11.1 Å². The molecular formula is C22H23N3O4. The fourth-order valence-electron chi connectivity index (χ4n) is 2.76. The van der Waals surface area contributed by atoms with E-state index in [4.69, 9.17) is 14.9 Å². The van der Waals surface area contributed by atoms with Crippen LogP contribution in [0.15, 0.2) is 71.3 Å². The molecule has 0 spiro atoms. The molecule has 1 atom stereocenters. The van der Waals surface area contributed by atoms with E-state index in [0.717, 1.165) is 11.1 Å². The van der Waals surface area contributed by atoms with Gasteiger partial charge < -0.3 is 20.2 Å². The number of hydrogen-bond donors (Lipinski definition) is 2. The van der Waals surface area contributed by atoms with Crippen molar-refractivity contribution in [1.82, 2.24) is 10.3 Å². The van der Waals surface area contributed by atoms with Gasteiger partial charge in [-0.2, -0.15) is 0 Å². The van der Waals surface area contributed by atoms with Crippen LogP contribution in [0.25, 0.3) is 0 Å². The van der Waals surface area contributed by atoms with E-state index in [1.165, 1.54) is 6.26 Å². The first kappa shape index (κ1) is 20.3. The first-order chi connectivity index (χ1) is 14.2. The standard InChI is InChI=1S/C22H23N3O4/c23-12-11-20-24-19(15-28-20)21(26)25-18(13-16-7-3-1-4-8-16)22(27)29-14-17-9-5-2-6-10-17/h1-10,15,18H,11-14,23H2,(H,25,26). The molecule has 7 heteroatoms. The summed E-state index contributed by atoms with van der Waals surface area (Å²) in [7, 11) is 0. The molecule has 3 rings (SSSR count). The summed E-state index contributed by atoms with van der Waals surface area (Å²) < 4.78 is 10.7. The number of benzene rings is 2. The Bertz CT molecular complexity index is 926. The fourth-order valence-corrected chi connectivity index (χ4v) is 2.76. The number of oxazole rings is 1. The minimum absolute atomic E-state index is 0.0994. The predicted molar refractivity (Wildman–Crippen MR) is 107 cm³/mol. The molecule has 7 nitrogen and oxygen atoms in total. The minimum Gasteiger partial charge on any atom is -0.459 e. The van der Waals surface area contributed by atoms with Gasteiger partial charge in [0.2, 0.25) is 0 Å². The van der Waals surface area contributed by atoms with Crippen molar-refractivity contribution >= 4 is 11.9 Å². The summed E-state index contributed by atoms with van der Waals surface area (Å²) in [4.78, 5) is 29.4. The van der Waals surface area contributed by atoms with Crippen LogP contribution in [-0.2, 0) is 29.0 Å². The van der Waals surface area contributed by atoms with Crippen molar-refractivity contribution in [3.8, 4) is 0 Å². The SMILES string of the molecule is NCCc1nc(C(=O)NC(Cc2ccccc2)C(=O)OCc2ccccc2)co1. The largest absolute Gasteiger partial charge is 0.459 e. The maximum atomic E-state index is 12.7. The smallest absolute Gasteiger partial charge is 0.329 e. The number of rotatable bonds is 9.